The van der Waals surface area contributed by atoms with Gasteiger partial charge in [0, 0.05) is 16.5 Å². The lowest BCUT2D eigenvalue weighted by Gasteiger charge is -2.22. The molecule has 1 aliphatic rings. The highest BCUT2D eigenvalue weighted by Crippen LogP contribution is 2.50. The first-order chi connectivity index (χ1) is 24.0. The third kappa shape index (κ3) is 4.38. The molecule has 0 saturated heterocycles. The van der Waals surface area contributed by atoms with E-state index in [2.05, 4.69) is 111 Å². The van der Waals surface area contributed by atoms with Crippen molar-refractivity contribution in [3.05, 3.63) is 157 Å². The molecule has 0 atom stereocenters. The van der Waals surface area contributed by atoms with E-state index < -0.39 is 0 Å². The standard InChI is InChI=1S/C45H30N2O2/c1-45(2)37-14-6-5-13-34(37)35-20-19-27(26-38(35)45)29-21-28-11-3-4-12-33(28)36(25-29)30-22-31(43-46-39-15-7-9-17-41(39)48-43)24-32(23-30)44-47-40-16-8-10-18-42(40)49-44/h3-26H,1-2H3. The first-order valence-electron chi connectivity index (χ1n) is 16.6. The third-order valence-corrected chi connectivity index (χ3v) is 10.1. The van der Waals surface area contributed by atoms with Gasteiger partial charge in [-0.3, -0.25) is 0 Å². The van der Waals surface area contributed by atoms with E-state index in [0.717, 1.165) is 44.5 Å². The molecule has 7 aromatic carbocycles. The van der Waals surface area contributed by atoms with Gasteiger partial charge in [-0.25, -0.2) is 9.97 Å². The van der Waals surface area contributed by atoms with Crippen molar-refractivity contribution in [2.45, 2.75) is 19.3 Å². The monoisotopic (exact) mass is 630 g/mol. The summed E-state index contributed by atoms with van der Waals surface area (Å²) in [6, 6.07) is 51.1. The first-order valence-corrected chi connectivity index (χ1v) is 16.6. The van der Waals surface area contributed by atoms with E-state index in [4.69, 9.17) is 18.8 Å². The largest absolute Gasteiger partial charge is 0.436 e. The number of hydrogen-bond acceptors (Lipinski definition) is 4. The van der Waals surface area contributed by atoms with E-state index in [0.29, 0.717) is 11.8 Å². The molecule has 4 heteroatoms. The van der Waals surface area contributed by atoms with Gasteiger partial charge in [-0.15, -0.1) is 0 Å². The van der Waals surface area contributed by atoms with Crippen molar-refractivity contribution in [1.82, 2.24) is 9.97 Å². The molecule has 232 valence electrons. The molecule has 2 heterocycles. The molecule has 0 radical (unpaired) electrons. The van der Waals surface area contributed by atoms with Crippen molar-refractivity contribution in [2.24, 2.45) is 0 Å². The Morgan fingerprint density at radius 2 is 1.02 bits per heavy atom. The van der Waals surface area contributed by atoms with Gasteiger partial charge in [0.1, 0.15) is 11.0 Å². The minimum Gasteiger partial charge on any atom is -0.436 e. The van der Waals surface area contributed by atoms with E-state index >= 15 is 0 Å². The summed E-state index contributed by atoms with van der Waals surface area (Å²) < 4.78 is 12.6. The Hall–Kier alpha value is -6.26. The smallest absolute Gasteiger partial charge is 0.227 e. The van der Waals surface area contributed by atoms with Gasteiger partial charge in [0.25, 0.3) is 0 Å². The van der Waals surface area contributed by atoms with E-state index in [1.54, 1.807) is 0 Å². The molecule has 0 fully saturated rings. The average molecular weight is 631 g/mol. The Kier molecular flexibility index (Phi) is 5.89. The number of rotatable bonds is 4. The molecule has 0 spiro atoms. The van der Waals surface area contributed by atoms with Gasteiger partial charge >= 0.3 is 0 Å². The minimum absolute atomic E-state index is 0.0794. The topological polar surface area (TPSA) is 52.1 Å². The summed E-state index contributed by atoms with van der Waals surface area (Å²) in [4.78, 5) is 9.74. The van der Waals surface area contributed by atoms with Crippen LogP contribution in [0, 0.1) is 0 Å². The second-order valence-corrected chi connectivity index (χ2v) is 13.4. The first kappa shape index (κ1) is 27.8. The fraction of sp³-hybridized carbons (Fsp3) is 0.0667. The SMILES string of the molecule is CC1(C)c2ccccc2-c2ccc(-c3cc(-c4cc(-c5nc6ccccc6o5)cc(-c5nc6ccccc6o5)c4)c4ccccc4c3)cc21. The van der Waals surface area contributed by atoms with Crippen LogP contribution in [0.1, 0.15) is 25.0 Å². The zero-order valence-electron chi connectivity index (χ0n) is 27.1. The van der Waals surface area contributed by atoms with Crippen molar-refractivity contribution >= 4 is 33.0 Å². The number of fused-ring (bicyclic) bond motifs is 6. The molecule has 0 aliphatic heterocycles. The van der Waals surface area contributed by atoms with Crippen LogP contribution >= 0.6 is 0 Å². The summed E-state index contributed by atoms with van der Waals surface area (Å²) in [6.07, 6.45) is 0. The van der Waals surface area contributed by atoms with E-state index in [-0.39, 0.29) is 5.41 Å². The lowest BCUT2D eigenvalue weighted by Crippen LogP contribution is -2.14. The number of hydrogen-bond donors (Lipinski definition) is 0. The quantitative estimate of drug-likeness (QED) is 0.194. The van der Waals surface area contributed by atoms with Gasteiger partial charge in [0.2, 0.25) is 11.8 Å². The molecule has 0 amide bonds. The van der Waals surface area contributed by atoms with Crippen LogP contribution < -0.4 is 0 Å². The Morgan fingerprint density at radius 3 is 1.73 bits per heavy atom. The van der Waals surface area contributed by atoms with Crippen LogP contribution in [0.5, 0.6) is 0 Å². The van der Waals surface area contributed by atoms with Gasteiger partial charge in [-0.2, -0.15) is 0 Å². The fourth-order valence-corrected chi connectivity index (χ4v) is 7.62. The maximum atomic E-state index is 6.30. The van der Waals surface area contributed by atoms with Crippen LogP contribution in [0.15, 0.2) is 154 Å². The summed E-state index contributed by atoms with van der Waals surface area (Å²) in [5.41, 5.74) is 14.7. The Bertz CT molecular complexity index is 2610. The minimum atomic E-state index is -0.0794. The van der Waals surface area contributed by atoms with Gasteiger partial charge in [0.15, 0.2) is 11.2 Å². The van der Waals surface area contributed by atoms with Crippen molar-refractivity contribution in [1.29, 1.82) is 0 Å². The number of benzene rings is 7. The zero-order valence-corrected chi connectivity index (χ0v) is 27.1. The molecule has 10 rings (SSSR count). The third-order valence-electron chi connectivity index (χ3n) is 10.1. The van der Waals surface area contributed by atoms with Crippen LogP contribution in [0.2, 0.25) is 0 Å². The van der Waals surface area contributed by atoms with E-state index in [9.17, 15) is 0 Å². The summed E-state index contributed by atoms with van der Waals surface area (Å²) in [5, 5.41) is 2.34. The molecule has 0 N–H and O–H groups in total. The molecule has 0 unspecified atom stereocenters. The maximum absolute atomic E-state index is 6.30. The Labute approximate surface area is 283 Å². The molecule has 0 bridgehead atoms. The molecule has 49 heavy (non-hydrogen) atoms. The van der Waals surface area contributed by atoms with E-state index in [1.807, 2.05) is 48.5 Å². The molecular formula is C45H30N2O2. The van der Waals surface area contributed by atoms with Crippen molar-refractivity contribution in [3.8, 4) is 56.3 Å². The maximum Gasteiger partial charge on any atom is 0.227 e. The van der Waals surface area contributed by atoms with E-state index in [1.165, 1.54) is 44.2 Å². The van der Waals surface area contributed by atoms with Crippen molar-refractivity contribution in [3.63, 3.8) is 0 Å². The zero-order chi connectivity index (χ0) is 32.7. The summed E-state index contributed by atoms with van der Waals surface area (Å²) in [6.45, 7) is 4.66. The van der Waals surface area contributed by atoms with Gasteiger partial charge in [0.05, 0.1) is 0 Å². The van der Waals surface area contributed by atoms with Crippen LogP contribution in [0.3, 0.4) is 0 Å². The number of para-hydroxylation sites is 4. The number of oxazole rings is 2. The Morgan fingerprint density at radius 1 is 0.429 bits per heavy atom. The second kappa shape index (κ2) is 10.4. The molecular weight excluding hydrogens is 601 g/mol. The fourth-order valence-electron chi connectivity index (χ4n) is 7.62. The normalized spacial score (nSPS) is 13.3. The lowest BCUT2D eigenvalue weighted by molar-refractivity contribution is 0.617. The van der Waals surface area contributed by atoms with Crippen LogP contribution in [-0.2, 0) is 5.41 Å². The second-order valence-electron chi connectivity index (χ2n) is 13.4. The average Bonchev–Trinajstić information content (AvgIpc) is 3.84. The lowest BCUT2D eigenvalue weighted by atomic mass is 9.81. The van der Waals surface area contributed by atoms with Gasteiger partial charge in [-0.1, -0.05) is 98.8 Å². The summed E-state index contributed by atoms with van der Waals surface area (Å²) in [5.74, 6) is 1.11. The van der Waals surface area contributed by atoms with Crippen LogP contribution in [0.4, 0.5) is 0 Å². The molecule has 9 aromatic rings. The molecule has 2 aromatic heterocycles. The van der Waals surface area contributed by atoms with Crippen LogP contribution in [0.25, 0.3) is 89.3 Å². The Balaban J connectivity index is 1.19. The molecule has 1 aliphatic carbocycles. The predicted octanol–water partition coefficient (Wildman–Crippen LogP) is 12.1. The van der Waals surface area contributed by atoms with Gasteiger partial charge < -0.3 is 8.83 Å². The summed E-state index contributed by atoms with van der Waals surface area (Å²) >= 11 is 0. The number of nitrogens with zero attached hydrogens (tertiary/aromatic N) is 2. The summed E-state index contributed by atoms with van der Waals surface area (Å²) in [7, 11) is 0. The highest BCUT2D eigenvalue weighted by atomic mass is 16.4. The van der Waals surface area contributed by atoms with Gasteiger partial charge in [-0.05, 0) is 116 Å². The predicted molar refractivity (Wildman–Crippen MR) is 198 cm³/mol. The van der Waals surface area contributed by atoms with Crippen molar-refractivity contribution < 1.29 is 8.83 Å². The number of aromatic nitrogens is 2. The highest BCUT2D eigenvalue weighted by Gasteiger charge is 2.35. The van der Waals surface area contributed by atoms with Crippen LogP contribution in [-0.4, -0.2) is 9.97 Å². The van der Waals surface area contributed by atoms with Crippen molar-refractivity contribution in [2.75, 3.05) is 0 Å². The molecule has 4 nitrogen and oxygen atoms in total. The highest BCUT2D eigenvalue weighted by molar-refractivity contribution is 6.01. The molecule has 0 saturated carbocycles.